The van der Waals surface area contributed by atoms with E-state index in [2.05, 4.69) is 48.2 Å². The van der Waals surface area contributed by atoms with Crippen molar-refractivity contribution in [3.05, 3.63) is 35.9 Å². The minimum atomic E-state index is 0.257. The average Bonchev–Trinajstić information content (AvgIpc) is 2.73. The second-order valence-corrected chi connectivity index (χ2v) is 8.01. The number of rotatable bonds is 12. The van der Waals surface area contributed by atoms with Crippen LogP contribution in [0.2, 0.25) is 0 Å². The summed E-state index contributed by atoms with van der Waals surface area (Å²) in [6.07, 6.45) is 10.3. The molecule has 1 saturated heterocycles. The number of piperidine rings is 1. The van der Waals surface area contributed by atoms with Crippen LogP contribution in [0.1, 0.15) is 76.7 Å². The summed E-state index contributed by atoms with van der Waals surface area (Å²) < 4.78 is 0. The van der Waals surface area contributed by atoms with Crippen LogP contribution >= 0.6 is 0 Å². The quantitative estimate of drug-likeness (QED) is 0.469. The minimum Gasteiger partial charge on any atom is -0.339 e. The molecule has 1 aliphatic heterocycles. The summed E-state index contributed by atoms with van der Waals surface area (Å²) in [7, 11) is 0. The van der Waals surface area contributed by atoms with Crippen LogP contribution in [0.15, 0.2) is 30.3 Å². The third-order valence-corrected chi connectivity index (χ3v) is 5.78. The number of amides is 1. The van der Waals surface area contributed by atoms with Crippen LogP contribution in [0.3, 0.4) is 0 Å². The Morgan fingerprint density at radius 3 is 2.46 bits per heavy atom. The molecule has 0 atom stereocenters. The highest BCUT2D eigenvalue weighted by atomic mass is 16.2. The average molecular weight is 384 g/mol. The Morgan fingerprint density at radius 2 is 1.79 bits per heavy atom. The first kappa shape index (κ1) is 22.4. The van der Waals surface area contributed by atoms with Gasteiger partial charge in [-0.15, -0.1) is 0 Å². The fraction of sp³-hybridized carbons (Fsp3) is 0.667. The lowest BCUT2D eigenvalue weighted by Gasteiger charge is -2.38. The van der Waals surface area contributed by atoms with Crippen molar-refractivity contribution in [1.82, 2.24) is 9.80 Å². The monoisotopic (exact) mass is 383 g/mol. The highest BCUT2D eigenvalue weighted by molar-refractivity contribution is 5.76. The molecule has 1 fully saturated rings. The van der Waals surface area contributed by atoms with Crippen LogP contribution < -0.4 is 0 Å². The van der Waals surface area contributed by atoms with E-state index in [1.165, 1.54) is 31.2 Å². The van der Waals surface area contributed by atoms with E-state index in [9.17, 15) is 4.79 Å². The lowest BCUT2D eigenvalue weighted by atomic mass is 10.0. The van der Waals surface area contributed by atoms with Crippen LogP contribution in [0.5, 0.6) is 0 Å². The summed E-state index contributed by atoms with van der Waals surface area (Å²) in [4.78, 5) is 17.3. The highest BCUT2D eigenvalue weighted by Gasteiger charge is 2.27. The first-order chi connectivity index (χ1) is 13.7. The van der Waals surface area contributed by atoms with E-state index >= 15 is 0 Å². The third kappa shape index (κ3) is 8.02. The molecule has 0 N–H and O–H groups in total. The van der Waals surface area contributed by atoms with Crippen LogP contribution in [0.25, 0.3) is 0 Å². The van der Waals surface area contributed by atoms with E-state index < -0.39 is 0 Å². The van der Waals surface area contributed by atoms with Crippen molar-refractivity contribution in [1.29, 1.82) is 5.26 Å². The Kier molecular flexibility index (Phi) is 10.7. The summed E-state index contributed by atoms with van der Waals surface area (Å²) in [5.41, 5.74) is 1.35. The summed E-state index contributed by atoms with van der Waals surface area (Å²) in [6, 6.07) is 13.1. The Morgan fingerprint density at radius 1 is 1.11 bits per heavy atom. The molecule has 0 spiro atoms. The maximum absolute atomic E-state index is 12.8. The molecular formula is C24H37N3O. The van der Waals surface area contributed by atoms with Crippen molar-refractivity contribution >= 4 is 5.91 Å². The Balaban J connectivity index is 1.77. The van der Waals surface area contributed by atoms with Crippen LogP contribution in [0, 0.1) is 11.3 Å². The summed E-state index contributed by atoms with van der Waals surface area (Å²) >= 11 is 0. The van der Waals surface area contributed by atoms with Crippen molar-refractivity contribution in [2.24, 2.45) is 0 Å². The summed E-state index contributed by atoms with van der Waals surface area (Å²) in [5.74, 6) is 0.257. The number of carbonyl (C=O) groups is 1. The molecule has 0 bridgehead atoms. The van der Waals surface area contributed by atoms with Crippen molar-refractivity contribution in [2.45, 2.75) is 83.7 Å². The first-order valence-corrected chi connectivity index (χ1v) is 11.2. The van der Waals surface area contributed by atoms with E-state index in [0.717, 1.165) is 45.3 Å². The molecule has 1 amide bonds. The second-order valence-electron chi connectivity index (χ2n) is 8.01. The molecule has 1 aliphatic rings. The molecule has 2 rings (SSSR count). The van der Waals surface area contributed by atoms with Gasteiger partial charge >= 0.3 is 0 Å². The predicted molar refractivity (Wildman–Crippen MR) is 115 cm³/mol. The van der Waals surface area contributed by atoms with E-state index in [0.29, 0.717) is 25.4 Å². The highest BCUT2D eigenvalue weighted by Crippen LogP contribution is 2.20. The number of nitriles is 1. The van der Waals surface area contributed by atoms with Gasteiger partial charge in [-0.2, -0.15) is 5.26 Å². The molecule has 28 heavy (non-hydrogen) atoms. The van der Waals surface area contributed by atoms with Gasteiger partial charge in [-0.05, 0) is 24.8 Å². The van der Waals surface area contributed by atoms with Gasteiger partial charge in [0.1, 0.15) is 0 Å². The van der Waals surface area contributed by atoms with Crippen molar-refractivity contribution in [3.8, 4) is 6.07 Å². The minimum absolute atomic E-state index is 0.257. The summed E-state index contributed by atoms with van der Waals surface area (Å²) in [6.45, 7) is 5.84. The molecule has 4 heteroatoms. The molecule has 1 heterocycles. The molecule has 1 aromatic carbocycles. The van der Waals surface area contributed by atoms with E-state index in [1.807, 2.05) is 4.90 Å². The zero-order valence-electron chi connectivity index (χ0n) is 17.6. The number of unbranched alkanes of at least 4 members (excludes halogenated alkanes) is 5. The van der Waals surface area contributed by atoms with Crippen molar-refractivity contribution < 1.29 is 4.79 Å². The standard InChI is InChI=1S/C24H37N3O/c1-2-3-4-5-6-10-14-24(28)27(18-11-17-25)23-15-19-26(20-16-23)21-22-12-8-7-9-13-22/h7-9,12-13,23H,2-6,10-11,14-16,18-21H2,1H3. The topological polar surface area (TPSA) is 47.3 Å². The maximum Gasteiger partial charge on any atom is 0.222 e. The number of carbonyl (C=O) groups excluding carboxylic acids is 1. The molecule has 1 aromatic rings. The van der Waals surface area contributed by atoms with Crippen molar-refractivity contribution in [3.63, 3.8) is 0 Å². The Labute approximate surface area is 171 Å². The molecule has 0 radical (unpaired) electrons. The zero-order valence-corrected chi connectivity index (χ0v) is 17.6. The SMILES string of the molecule is CCCCCCCCC(=O)N(CCC#N)C1CCN(Cc2ccccc2)CC1. The Hall–Kier alpha value is -1.86. The van der Waals surface area contributed by atoms with Crippen molar-refractivity contribution in [2.75, 3.05) is 19.6 Å². The molecule has 154 valence electrons. The lowest BCUT2D eigenvalue weighted by Crippen LogP contribution is -2.47. The first-order valence-electron chi connectivity index (χ1n) is 11.2. The fourth-order valence-electron chi connectivity index (χ4n) is 4.11. The van der Waals surface area contributed by atoms with Gasteiger partial charge < -0.3 is 4.90 Å². The number of hydrogen-bond donors (Lipinski definition) is 0. The fourth-order valence-corrected chi connectivity index (χ4v) is 4.11. The molecule has 0 unspecified atom stereocenters. The number of likely N-dealkylation sites (tertiary alicyclic amines) is 1. The second kappa shape index (κ2) is 13.3. The molecular weight excluding hydrogens is 346 g/mol. The van der Waals surface area contributed by atoms with Gasteiger partial charge in [-0.25, -0.2) is 0 Å². The van der Waals surface area contributed by atoms with Gasteiger partial charge in [0.05, 0.1) is 12.5 Å². The lowest BCUT2D eigenvalue weighted by molar-refractivity contribution is -0.134. The predicted octanol–water partition coefficient (Wildman–Crippen LogP) is 5.14. The van der Waals surface area contributed by atoms with Crippen LogP contribution in [-0.4, -0.2) is 41.4 Å². The molecule has 0 aromatic heterocycles. The summed E-state index contributed by atoms with van der Waals surface area (Å²) in [5, 5.41) is 9.00. The van der Waals surface area contributed by atoms with E-state index in [4.69, 9.17) is 5.26 Å². The van der Waals surface area contributed by atoms with Crippen LogP contribution in [0.4, 0.5) is 0 Å². The van der Waals surface area contributed by atoms with Gasteiger partial charge in [-0.3, -0.25) is 9.69 Å². The van der Waals surface area contributed by atoms with Gasteiger partial charge in [0.25, 0.3) is 0 Å². The van der Waals surface area contributed by atoms with Gasteiger partial charge in [-0.1, -0.05) is 69.4 Å². The van der Waals surface area contributed by atoms with E-state index in [1.54, 1.807) is 0 Å². The normalized spacial score (nSPS) is 15.3. The third-order valence-electron chi connectivity index (χ3n) is 5.78. The smallest absolute Gasteiger partial charge is 0.222 e. The largest absolute Gasteiger partial charge is 0.339 e. The zero-order chi connectivity index (χ0) is 20.0. The van der Waals surface area contributed by atoms with Crippen LogP contribution in [-0.2, 0) is 11.3 Å². The van der Waals surface area contributed by atoms with E-state index in [-0.39, 0.29) is 5.91 Å². The Bertz CT molecular complexity index is 588. The molecule has 0 saturated carbocycles. The van der Waals surface area contributed by atoms with Gasteiger partial charge in [0.2, 0.25) is 5.91 Å². The maximum atomic E-state index is 12.8. The molecule has 4 nitrogen and oxygen atoms in total. The number of benzene rings is 1. The number of nitrogens with zero attached hydrogens (tertiary/aromatic N) is 3. The van der Waals surface area contributed by atoms with Gasteiger partial charge in [0.15, 0.2) is 0 Å². The number of hydrogen-bond acceptors (Lipinski definition) is 3. The van der Waals surface area contributed by atoms with Gasteiger partial charge in [0, 0.05) is 38.6 Å². The molecule has 0 aliphatic carbocycles.